The van der Waals surface area contributed by atoms with Gasteiger partial charge in [0.05, 0.1) is 44.0 Å². The topological polar surface area (TPSA) is 65.8 Å². The number of carbonyl (C=O) groups is 1. The number of fused-ring (bicyclic) bond motifs is 1. The van der Waals surface area contributed by atoms with Gasteiger partial charge in [-0.2, -0.15) is 0 Å². The third-order valence-electron chi connectivity index (χ3n) is 6.20. The Hall–Kier alpha value is -3.74. The van der Waals surface area contributed by atoms with Crippen LogP contribution in [0.2, 0.25) is 0 Å². The Kier molecular flexibility index (Phi) is 5.55. The van der Waals surface area contributed by atoms with Crippen LogP contribution in [-0.2, 0) is 9.53 Å². The minimum Gasteiger partial charge on any atom is -0.495 e. The van der Waals surface area contributed by atoms with Gasteiger partial charge in [0.2, 0.25) is 0 Å². The molecular formula is C27H29N3O4. The number of methoxy groups -OCH3 is 1. The van der Waals surface area contributed by atoms with Crippen LogP contribution in [0.5, 0.6) is 11.5 Å². The highest BCUT2D eigenvalue weighted by atomic mass is 16.5. The molecule has 7 nitrogen and oxygen atoms in total. The van der Waals surface area contributed by atoms with Gasteiger partial charge in [-0.05, 0) is 50.6 Å². The van der Waals surface area contributed by atoms with Gasteiger partial charge in [0, 0.05) is 18.2 Å². The number of aryl methyl sites for hydroxylation is 1. The SMILES string of the molecule is COc1cc(/C=C2\OC(C)(C)CN(C3CCOc4ccccc43)C2=O)ccc1-n1cnc(C)c1. The summed E-state index contributed by atoms with van der Waals surface area (Å²) in [6.07, 6.45) is 6.24. The molecule has 7 heteroatoms. The summed E-state index contributed by atoms with van der Waals surface area (Å²) in [6, 6.07) is 13.7. The zero-order valence-electron chi connectivity index (χ0n) is 19.9. The quantitative estimate of drug-likeness (QED) is 0.530. The van der Waals surface area contributed by atoms with E-state index in [0.717, 1.165) is 34.7 Å². The molecule has 0 radical (unpaired) electrons. The van der Waals surface area contributed by atoms with E-state index in [9.17, 15) is 4.79 Å². The number of imidazole rings is 1. The molecule has 1 atom stereocenters. The summed E-state index contributed by atoms with van der Waals surface area (Å²) in [5.41, 5.74) is 3.14. The number of morpholine rings is 1. The number of amides is 1. The Morgan fingerprint density at radius 2 is 2.03 bits per heavy atom. The smallest absolute Gasteiger partial charge is 0.289 e. The molecule has 176 valence electrons. The maximum Gasteiger partial charge on any atom is 0.289 e. The highest BCUT2D eigenvalue weighted by Gasteiger charge is 2.41. The van der Waals surface area contributed by atoms with Gasteiger partial charge >= 0.3 is 0 Å². The molecule has 0 saturated carbocycles. The number of benzene rings is 2. The molecule has 3 heterocycles. The number of carbonyl (C=O) groups excluding carboxylic acids is 1. The third kappa shape index (κ3) is 4.14. The first-order chi connectivity index (χ1) is 16.3. The zero-order chi connectivity index (χ0) is 23.9. The second-order valence-corrected chi connectivity index (χ2v) is 9.35. The van der Waals surface area contributed by atoms with Crippen LogP contribution in [0, 0.1) is 6.92 Å². The molecule has 3 aromatic rings. The first-order valence-corrected chi connectivity index (χ1v) is 11.5. The van der Waals surface area contributed by atoms with E-state index in [1.54, 1.807) is 19.5 Å². The van der Waals surface area contributed by atoms with Gasteiger partial charge in [0.25, 0.3) is 5.91 Å². The van der Waals surface area contributed by atoms with Gasteiger partial charge in [-0.15, -0.1) is 0 Å². The normalized spacial score (nSPS) is 20.5. The highest BCUT2D eigenvalue weighted by molar-refractivity contribution is 5.97. The second-order valence-electron chi connectivity index (χ2n) is 9.35. The van der Waals surface area contributed by atoms with E-state index in [4.69, 9.17) is 14.2 Å². The second kappa shape index (κ2) is 8.56. The lowest BCUT2D eigenvalue weighted by Crippen LogP contribution is -2.52. The van der Waals surface area contributed by atoms with Crippen LogP contribution in [0.25, 0.3) is 11.8 Å². The van der Waals surface area contributed by atoms with E-state index in [2.05, 4.69) is 4.98 Å². The molecule has 0 spiro atoms. The minimum absolute atomic E-state index is 0.0505. The molecule has 2 aromatic carbocycles. The van der Waals surface area contributed by atoms with Crippen molar-refractivity contribution in [3.63, 3.8) is 0 Å². The van der Waals surface area contributed by atoms with Crippen LogP contribution in [0.1, 0.15) is 43.1 Å². The van der Waals surface area contributed by atoms with E-state index < -0.39 is 5.60 Å². The summed E-state index contributed by atoms with van der Waals surface area (Å²) >= 11 is 0. The average molecular weight is 460 g/mol. The third-order valence-corrected chi connectivity index (χ3v) is 6.20. The largest absolute Gasteiger partial charge is 0.495 e. The van der Waals surface area contributed by atoms with Crippen LogP contribution in [0.15, 0.2) is 60.7 Å². The number of ether oxygens (including phenoxy) is 3. The monoisotopic (exact) mass is 459 g/mol. The maximum absolute atomic E-state index is 13.6. The number of hydrogen-bond donors (Lipinski definition) is 0. The van der Waals surface area contributed by atoms with Crippen LogP contribution in [-0.4, -0.2) is 46.2 Å². The fourth-order valence-electron chi connectivity index (χ4n) is 4.69. The summed E-state index contributed by atoms with van der Waals surface area (Å²) < 4.78 is 19.5. The van der Waals surface area contributed by atoms with Crippen LogP contribution in [0.3, 0.4) is 0 Å². The fraction of sp³-hybridized carbons (Fsp3) is 0.333. The molecule has 2 aliphatic heterocycles. The summed E-state index contributed by atoms with van der Waals surface area (Å²) in [5, 5.41) is 0. The molecule has 2 aliphatic rings. The summed E-state index contributed by atoms with van der Waals surface area (Å²) in [4.78, 5) is 19.8. The van der Waals surface area contributed by atoms with Gasteiger partial charge < -0.3 is 23.7 Å². The predicted molar refractivity (Wildman–Crippen MR) is 129 cm³/mol. The molecule has 1 unspecified atom stereocenters. The molecule has 5 rings (SSSR count). The van der Waals surface area contributed by atoms with Crippen LogP contribution >= 0.6 is 0 Å². The molecule has 1 aromatic heterocycles. The standard InChI is InChI=1S/C27H29N3O4/c1-18-15-29(17-28-18)22-10-9-19(13-24(22)32-4)14-25-26(31)30(16-27(2,3)34-25)21-11-12-33-23-8-6-5-7-20(21)23/h5-10,13-15,17,21H,11-12,16H2,1-4H3/b25-14-. The summed E-state index contributed by atoms with van der Waals surface area (Å²) in [6.45, 7) is 7.05. The zero-order valence-corrected chi connectivity index (χ0v) is 19.9. The fourth-order valence-corrected chi connectivity index (χ4v) is 4.69. The molecule has 0 bridgehead atoms. The molecule has 1 saturated heterocycles. The van der Waals surface area contributed by atoms with Gasteiger partial charge in [-0.25, -0.2) is 4.98 Å². The van der Waals surface area contributed by atoms with Crippen LogP contribution < -0.4 is 9.47 Å². The number of para-hydroxylation sites is 1. The minimum atomic E-state index is -0.522. The highest BCUT2D eigenvalue weighted by Crippen LogP contribution is 2.40. The van der Waals surface area contributed by atoms with Crippen molar-refractivity contribution in [2.45, 2.75) is 38.8 Å². The van der Waals surface area contributed by atoms with Crippen molar-refractivity contribution in [2.75, 3.05) is 20.3 Å². The first kappa shape index (κ1) is 22.1. The predicted octanol–water partition coefficient (Wildman–Crippen LogP) is 4.69. The Balaban J connectivity index is 1.49. The van der Waals surface area contributed by atoms with Crippen LogP contribution in [0.4, 0.5) is 0 Å². The Morgan fingerprint density at radius 1 is 1.21 bits per heavy atom. The van der Waals surface area contributed by atoms with E-state index in [1.807, 2.05) is 78.9 Å². The molecular weight excluding hydrogens is 430 g/mol. The maximum atomic E-state index is 13.6. The Labute approximate surface area is 199 Å². The van der Waals surface area contributed by atoms with Gasteiger partial charge in [0.15, 0.2) is 5.76 Å². The van der Waals surface area contributed by atoms with Crippen molar-refractivity contribution < 1.29 is 19.0 Å². The Morgan fingerprint density at radius 3 is 2.79 bits per heavy atom. The molecule has 0 aliphatic carbocycles. The van der Waals surface area contributed by atoms with Gasteiger partial charge in [-0.1, -0.05) is 24.3 Å². The average Bonchev–Trinajstić information content (AvgIpc) is 3.26. The lowest BCUT2D eigenvalue weighted by molar-refractivity contribution is -0.150. The van der Waals surface area contributed by atoms with Crippen molar-refractivity contribution in [1.82, 2.24) is 14.5 Å². The van der Waals surface area contributed by atoms with Crippen molar-refractivity contribution in [3.05, 3.63) is 77.6 Å². The Bertz CT molecular complexity index is 1260. The van der Waals surface area contributed by atoms with Gasteiger partial charge in [0.1, 0.15) is 17.1 Å². The van der Waals surface area contributed by atoms with E-state index in [-0.39, 0.29) is 11.9 Å². The van der Waals surface area contributed by atoms with Crippen molar-refractivity contribution in [3.8, 4) is 17.2 Å². The lowest BCUT2D eigenvalue weighted by Gasteiger charge is -2.44. The molecule has 0 N–H and O–H groups in total. The lowest BCUT2D eigenvalue weighted by atomic mass is 9.95. The number of nitrogens with zero attached hydrogens (tertiary/aromatic N) is 3. The summed E-state index contributed by atoms with van der Waals surface area (Å²) in [5.74, 6) is 1.74. The van der Waals surface area contributed by atoms with Gasteiger partial charge in [-0.3, -0.25) is 4.79 Å². The molecule has 34 heavy (non-hydrogen) atoms. The van der Waals surface area contributed by atoms with Crippen molar-refractivity contribution >= 4 is 12.0 Å². The number of rotatable bonds is 4. The molecule has 1 amide bonds. The van der Waals surface area contributed by atoms with Crippen molar-refractivity contribution in [2.24, 2.45) is 0 Å². The van der Waals surface area contributed by atoms with Crippen molar-refractivity contribution in [1.29, 1.82) is 0 Å². The van der Waals surface area contributed by atoms with E-state index in [1.165, 1.54) is 0 Å². The summed E-state index contributed by atoms with van der Waals surface area (Å²) in [7, 11) is 1.63. The van der Waals surface area contributed by atoms with E-state index in [0.29, 0.717) is 24.7 Å². The van der Waals surface area contributed by atoms with E-state index >= 15 is 0 Å². The number of hydrogen-bond acceptors (Lipinski definition) is 5. The molecule has 1 fully saturated rings. The number of aromatic nitrogens is 2. The first-order valence-electron chi connectivity index (χ1n) is 11.5.